The largest absolute Gasteiger partial charge is 0.479 e. The number of carbonyl (C=O) groups excluding carboxylic acids is 1. The van der Waals surface area contributed by atoms with Crippen LogP contribution in [0.1, 0.15) is 38.8 Å². The van der Waals surface area contributed by atoms with E-state index in [2.05, 4.69) is 25.2 Å². The van der Waals surface area contributed by atoms with Crippen LogP contribution in [0.2, 0.25) is 0 Å². The lowest BCUT2D eigenvalue weighted by atomic mass is 9.84. The molecule has 2 aromatic rings. The van der Waals surface area contributed by atoms with Gasteiger partial charge in [-0.05, 0) is 35.7 Å². The number of hydrogen-bond acceptors (Lipinski definition) is 5. The molecule has 1 heterocycles. The van der Waals surface area contributed by atoms with Crippen LogP contribution >= 0.6 is 0 Å². The van der Waals surface area contributed by atoms with E-state index < -0.39 is 6.10 Å². The number of ether oxygens (including phenoxy) is 3. The molecule has 1 aliphatic rings. The molecule has 1 atom stereocenters. The van der Waals surface area contributed by atoms with Gasteiger partial charge in [0.25, 0.3) is 5.91 Å². The van der Waals surface area contributed by atoms with E-state index in [1.165, 1.54) is 0 Å². The summed E-state index contributed by atoms with van der Waals surface area (Å²) in [4.78, 5) is 12.9. The molecule has 3 rings (SSSR count). The Morgan fingerprint density at radius 2 is 1.93 bits per heavy atom. The number of carbonyl (C=O) groups is 1. The molecule has 0 saturated carbocycles. The molecule has 0 fully saturated rings. The van der Waals surface area contributed by atoms with Crippen LogP contribution in [0.3, 0.4) is 0 Å². The summed E-state index contributed by atoms with van der Waals surface area (Å²) in [5.41, 5.74) is 1.13. The highest BCUT2D eigenvalue weighted by Crippen LogP contribution is 2.36. The fourth-order valence-corrected chi connectivity index (χ4v) is 3.12. The van der Waals surface area contributed by atoms with Crippen LogP contribution in [-0.2, 0) is 10.2 Å². The van der Waals surface area contributed by atoms with E-state index in [9.17, 15) is 10.1 Å². The molecule has 0 saturated heterocycles. The van der Waals surface area contributed by atoms with Crippen molar-refractivity contribution in [1.29, 1.82) is 5.26 Å². The second kappa shape index (κ2) is 8.44. The first kappa shape index (κ1) is 20.5. The van der Waals surface area contributed by atoms with Crippen LogP contribution < -0.4 is 19.5 Å². The smallest absolute Gasteiger partial charge is 0.261 e. The van der Waals surface area contributed by atoms with Crippen molar-refractivity contribution in [3.8, 4) is 23.3 Å². The summed E-state index contributed by atoms with van der Waals surface area (Å²) in [6.45, 7) is 8.61. The lowest BCUT2D eigenvalue weighted by Gasteiger charge is -2.28. The number of nitrogens with one attached hydrogen (secondary N) is 1. The topological polar surface area (TPSA) is 80.6 Å². The number of hydrogen-bond donors (Lipinski definition) is 1. The van der Waals surface area contributed by atoms with Crippen LogP contribution in [0.25, 0.3) is 0 Å². The number of rotatable bonds is 7. The third kappa shape index (κ3) is 4.62. The third-order valence-electron chi connectivity index (χ3n) is 4.98. The van der Waals surface area contributed by atoms with Gasteiger partial charge in [0.05, 0.1) is 5.56 Å². The maximum absolute atomic E-state index is 12.9. The SMILES string of the molecule is CC(C)C(Oc1ccccc1C#N)C(=O)NCC(C)(C)c1ccc2c(c1)OCO2. The zero-order chi connectivity index (χ0) is 21.0. The molecule has 6 nitrogen and oxygen atoms in total. The van der Waals surface area contributed by atoms with Crippen molar-refractivity contribution in [1.82, 2.24) is 5.32 Å². The molecule has 1 aliphatic heterocycles. The Kier molecular flexibility index (Phi) is 5.97. The standard InChI is InChI=1S/C23H26N2O4/c1-15(2)21(29-18-8-6-5-7-16(18)12-24)22(26)25-13-23(3,4)17-9-10-19-20(11-17)28-14-27-19/h5-11,15,21H,13-14H2,1-4H3,(H,25,26). The number of amides is 1. The average Bonchev–Trinajstić information content (AvgIpc) is 3.18. The Morgan fingerprint density at radius 3 is 2.66 bits per heavy atom. The van der Waals surface area contributed by atoms with Gasteiger partial charge in [-0.3, -0.25) is 4.79 Å². The second-order valence-corrected chi connectivity index (χ2v) is 8.06. The molecule has 1 unspecified atom stereocenters. The minimum atomic E-state index is -0.697. The number of nitrogens with zero attached hydrogens (tertiary/aromatic N) is 1. The van der Waals surface area contributed by atoms with Gasteiger partial charge in [-0.1, -0.05) is 45.9 Å². The maximum atomic E-state index is 12.9. The molecular formula is C23H26N2O4. The Morgan fingerprint density at radius 1 is 1.21 bits per heavy atom. The molecule has 2 aromatic carbocycles. The van der Waals surface area contributed by atoms with Gasteiger partial charge >= 0.3 is 0 Å². The Bertz CT molecular complexity index is 931. The fraction of sp³-hybridized carbons (Fsp3) is 0.391. The van der Waals surface area contributed by atoms with Gasteiger partial charge in [-0.15, -0.1) is 0 Å². The van der Waals surface area contributed by atoms with Crippen LogP contribution in [-0.4, -0.2) is 25.3 Å². The van der Waals surface area contributed by atoms with Crippen molar-refractivity contribution in [2.45, 2.75) is 39.2 Å². The molecule has 1 N–H and O–H groups in total. The van der Waals surface area contributed by atoms with Crippen LogP contribution in [0.15, 0.2) is 42.5 Å². The summed E-state index contributed by atoms with van der Waals surface area (Å²) >= 11 is 0. The van der Waals surface area contributed by atoms with Gasteiger partial charge in [0.1, 0.15) is 11.8 Å². The molecule has 0 bridgehead atoms. The molecule has 29 heavy (non-hydrogen) atoms. The summed E-state index contributed by atoms with van der Waals surface area (Å²) in [6.07, 6.45) is -0.697. The van der Waals surface area contributed by atoms with E-state index in [1.54, 1.807) is 24.3 Å². The number of nitriles is 1. The molecule has 0 aliphatic carbocycles. The highest BCUT2D eigenvalue weighted by Gasteiger charge is 2.29. The first-order valence-corrected chi connectivity index (χ1v) is 9.65. The second-order valence-electron chi connectivity index (χ2n) is 8.06. The molecule has 6 heteroatoms. The molecule has 0 spiro atoms. The zero-order valence-corrected chi connectivity index (χ0v) is 17.2. The summed E-state index contributed by atoms with van der Waals surface area (Å²) in [6, 6.07) is 14.9. The first-order chi connectivity index (χ1) is 13.8. The highest BCUT2D eigenvalue weighted by molar-refractivity contribution is 5.81. The monoisotopic (exact) mass is 394 g/mol. The van der Waals surface area contributed by atoms with Crippen molar-refractivity contribution < 1.29 is 19.0 Å². The summed E-state index contributed by atoms with van der Waals surface area (Å²) < 4.78 is 16.7. The fourth-order valence-electron chi connectivity index (χ4n) is 3.12. The van der Waals surface area contributed by atoms with Gasteiger partial charge in [-0.25, -0.2) is 0 Å². The summed E-state index contributed by atoms with van der Waals surface area (Å²) in [7, 11) is 0. The minimum Gasteiger partial charge on any atom is -0.479 e. The Hall–Kier alpha value is -3.20. The van der Waals surface area contributed by atoms with E-state index in [4.69, 9.17) is 14.2 Å². The zero-order valence-electron chi connectivity index (χ0n) is 17.2. The van der Waals surface area contributed by atoms with Gasteiger partial charge in [0.15, 0.2) is 17.6 Å². The van der Waals surface area contributed by atoms with Crippen molar-refractivity contribution >= 4 is 5.91 Å². The molecule has 152 valence electrons. The van der Waals surface area contributed by atoms with Gasteiger partial charge in [-0.2, -0.15) is 5.26 Å². The maximum Gasteiger partial charge on any atom is 0.261 e. The van der Waals surface area contributed by atoms with Crippen LogP contribution in [0.4, 0.5) is 0 Å². The predicted molar refractivity (Wildman–Crippen MR) is 109 cm³/mol. The minimum absolute atomic E-state index is 0.0598. The molecule has 1 amide bonds. The third-order valence-corrected chi connectivity index (χ3v) is 4.98. The predicted octanol–water partition coefficient (Wildman–Crippen LogP) is 3.78. The Balaban J connectivity index is 1.69. The molecule has 0 aromatic heterocycles. The molecule has 0 radical (unpaired) electrons. The number of fused-ring (bicyclic) bond motifs is 1. The van der Waals surface area contributed by atoms with E-state index in [0.29, 0.717) is 17.9 Å². The van der Waals surface area contributed by atoms with Crippen molar-refractivity contribution in [2.75, 3.05) is 13.3 Å². The van der Waals surface area contributed by atoms with Crippen molar-refractivity contribution in [3.63, 3.8) is 0 Å². The lowest BCUT2D eigenvalue weighted by Crippen LogP contribution is -2.46. The number of para-hydroxylation sites is 1. The van der Waals surface area contributed by atoms with Crippen molar-refractivity contribution in [3.05, 3.63) is 53.6 Å². The van der Waals surface area contributed by atoms with E-state index in [-0.39, 0.29) is 24.0 Å². The van der Waals surface area contributed by atoms with Gasteiger partial charge in [0, 0.05) is 12.0 Å². The molecular weight excluding hydrogens is 368 g/mol. The van der Waals surface area contributed by atoms with Crippen LogP contribution in [0, 0.1) is 17.2 Å². The Labute approximate surface area is 171 Å². The average molecular weight is 394 g/mol. The lowest BCUT2D eigenvalue weighted by molar-refractivity contribution is -0.130. The van der Waals surface area contributed by atoms with E-state index in [0.717, 1.165) is 17.1 Å². The highest BCUT2D eigenvalue weighted by atomic mass is 16.7. The van der Waals surface area contributed by atoms with Crippen LogP contribution in [0.5, 0.6) is 17.2 Å². The number of benzene rings is 2. The summed E-state index contributed by atoms with van der Waals surface area (Å²) in [5.74, 6) is 1.60. The quantitative estimate of drug-likeness (QED) is 0.773. The summed E-state index contributed by atoms with van der Waals surface area (Å²) in [5, 5.41) is 12.3. The van der Waals surface area contributed by atoms with E-state index >= 15 is 0 Å². The normalized spacial score (nSPS) is 13.7. The van der Waals surface area contributed by atoms with E-state index in [1.807, 2.05) is 32.0 Å². The van der Waals surface area contributed by atoms with Gasteiger partial charge < -0.3 is 19.5 Å². The van der Waals surface area contributed by atoms with Gasteiger partial charge in [0.2, 0.25) is 6.79 Å². The van der Waals surface area contributed by atoms with Crippen molar-refractivity contribution in [2.24, 2.45) is 5.92 Å². The first-order valence-electron chi connectivity index (χ1n) is 9.65.